The number of hydrogen-bond donors (Lipinski definition) is 0. The van der Waals surface area contributed by atoms with E-state index in [0.717, 1.165) is 35.6 Å². The number of amides is 1. The summed E-state index contributed by atoms with van der Waals surface area (Å²) in [5.41, 5.74) is 2.23. The fraction of sp³-hybridized carbons (Fsp3) is 0.409. The first-order valence-electron chi connectivity index (χ1n) is 9.55. The van der Waals surface area contributed by atoms with Crippen LogP contribution >= 0.6 is 11.8 Å². The summed E-state index contributed by atoms with van der Waals surface area (Å²) in [7, 11) is 4.02. The molecule has 3 rings (SSSR count). The zero-order chi connectivity index (χ0) is 19.9. The minimum Gasteiger partial charge on any atom is -0.378 e. The van der Waals surface area contributed by atoms with Crippen LogP contribution in [0.4, 0.5) is 10.1 Å². The normalized spacial score (nSPS) is 16.2. The quantitative estimate of drug-likeness (QED) is 0.620. The minimum absolute atomic E-state index is 0.0708. The van der Waals surface area contributed by atoms with Gasteiger partial charge in [-0.3, -0.25) is 4.79 Å². The number of ether oxygens (including phenoxy) is 1. The average Bonchev–Trinajstić information content (AvgIpc) is 3.20. The van der Waals surface area contributed by atoms with E-state index in [4.69, 9.17) is 4.74 Å². The average molecular weight is 403 g/mol. The van der Waals surface area contributed by atoms with Crippen LogP contribution in [0.3, 0.4) is 0 Å². The molecule has 1 fully saturated rings. The lowest BCUT2D eigenvalue weighted by Crippen LogP contribution is -2.38. The molecule has 2 aromatic rings. The number of benzene rings is 2. The molecule has 1 aliphatic heterocycles. The first kappa shape index (κ1) is 20.7. The molecule has 150 valence electrons. The van der Waals surface area contributed by atoms with Crippen LogP contribution in [0.25, 0.3) is 0 Å². The van der Waals surface area contributed by atoms with Crippen molar-refractivity contribution >= 4 is 23.4 Å². The highest BCUT2D eigenvalue weighted by Crippen LogP contribution is 2.21. The van der Waals surface area contributed by atoms with Gasteiger partial charge in [0.05, 0.1) is 11.9 Å². The number of carbonyl (C=O) groups excluding carboxylic acids is 1. The molecule has 2 aromatic carbocycles. The van der Waals surface area contributed by atoms with Gasteiger partial charge in [0.2, 0.25) is 5.91 Å². The zero-order valence-electron chi connectivity index (χ0n) is 16.4. The fourth-order valence-electron chi connectivity index (χ4n) is 3.18. The van der Waals surface area contributed by atoms with Gasteiger partial charge in [0.25, 0.3) is 0 Å². The van der Waals surface area contributed by atoms with Gasteiger partial charge in [-0.2, -0.15) is 0 Å². The molecule has 28 heavy (non-hydrogen) atoms. The number of halogens is 1. The van der Waals surface area contributed by atoms with Crippen LogP contribution in [-0.4, -0.2) is 49.9 Å². The molecule has 1 saturated heterocycles. The van der Waals surface area contributed by atoms with E-state index < -0.39 is 0 Å². The smallest absolute Gasteiger partial charge is 0.233 e. The Morgan fingerprint density at radius 2 is 1.86 bits per heavy atom. The third-order valence-corrected chi connectivity index (χ3v) is 5.80. The molecule has 1 aliphatic rings. The topological polar surface area (TPSA) is 32.8 Å². The van der Waals surface area contributed by atoms with Gasteiger partial charge in [-0.05, 0) is 54.8 Å². The summed E-state index contributed by atoms with van der Waals surface area (Å²) in [6.45, 7) is 1.95. The number of nitrogens with zero attached hydrogens (tertiary/aromatic N) is 2. The van der Waals surface area contributed by atoms with E-state index in [1.165, 1.54) is 23.9 Å². The van der Waals surface area contributed by atoms with E-state index in [9.17, 15) is 9.18 Å². The molecule has 1 amide bonds. The summed E-state index contributed by atoms with van der Waals surface area (Å²) in [5.74, 6) is 0.132. The summed E-state index contributed by atoms with van der Waals surface area (Å²) in [6, 6.07) is 14.5. The third kappa shape index (κ3) is 5.97. The van der Waals surface area contributed by atoms with Crippen LogP contribution in [0.5, 0.6) is 0 Å². The van der Waals surface area contributed by atoms with Crippen LogP contribution in [0.1, 0.15) is 18.4 Å². The largest absolute Gasteiger partial charge is 0.378 e. The molecule has 0 aliphatic carbocycles. The van der Waals surface area contributed by atoms with E-state index in [0.29, 0.717) is 18.8 Å². The molecule has 0 aromatic heterocycles. The number of hydrogen-bond acceptors (Lipinski definition) is 4. The van der Waals surface area contributed by atoms with Crippen LogP contribution in [0.2, 0.25) is 0 Å². The van der Waals surface area contributed by atoms with Crippen molar-refractivity contribution in [1.29, 1.82) is 0 Å². The predicted molar refractivity (Wildman–Crippen MR) is 112 cm³/mol. The first-order valence-corrected chi connectivity index (χ1v) is 10.5. The summed E-state index contributed by atoms with van der Waals surface area (Å²) < 4.78 is 18.8. The number of carbonyl (C=O) groups is 1. The molecule has 0 bridgehead atoms. The number of thioether (sulfide) groups is 1. The van der Waals surface area contributed by atoms with Crippen molar-refractivity contribution in [2.45, 2.75) is 30.4 Å². The van der Waals surface area contributed by atoms with Crippen molar-refractivity contribution < 1.29 is 13.9 Å². The highest BCUT2D eigenvalue weighted by Gasteiger charge is 2.23. The van der Waals surface area contributed by atoms with E-state index in [-0.39, 0.29) is 17.8 Å². The monoisotopic (exact) mass is 402 g/mol. The van der Waals surface area contributed by atoms with Gasteiger partial charge in [0.15, 0.2) is 0 Å². The highest BCUT2D eigenvalue weighted by atomic mass is 32.2. The van der Waals surface area contributed by atoms with E-state index in [2.05, 4.69) is 29.2 Å². The van der Waals surface area contributed by atoms with Crippen molar-refractivity contribution in [2.24, 2.45) is 0 Å². The molecule has 0 N–H and O–H groups in total. The lowest BCUT2D eigenvalue weighted by molar-refractivity contribution is -0.130. The molecule has 4 nitrogen and oxygen atoms in total. The Balaban J connectivity index is 1.64. The maximum absolute atomic E-state index is 13.1. The van der Waals surface area contributed by atoms with Gasteiger partial charge in [0.1, 0.15) is 5.82 Å². The van der Waals surface area contributed by atoms with Gasteiger partial charge in [0, 0.05) is 44.4 Å². The molecular formula is C22H27FN2O2S. The Kier molecular flexibility index (Phi) is 7.34. The van der Waals surface area contributed by atoms with Crippen molar-refractivity contribution in [3.05, 3.63) is 59.9 Å². The lowest BCUT2D eigenvalue weighted by Gasteiger charge is -2.26. The fourth-order valence-corrected chi connectivity index (χ4v) is 3.98. The first-order chi connectivity index (χ1) is 13.5. The van der Waals surface area contributed by atoms with Gasteiger partial charge < -0.3 is 14.5 Å². The van der Waals surface area contributed by atoms with Crippen molar-refractivity contribution in [2.75, 3.05) is 37.9 Å². The van der Waals surface area contributed by atoms with Crippen LogP contribution < -0.4 is 4.90 Å². The highest BCUT2D eigenvalue weighted by molar-refractivity contribution is 8.00. The van der Waals surface area contributed by atoms with Crippen molar-refractivity contribution in [1.82, 2.24) is 4.90 Å². The van der Waals surface area contributed by atoms with Crippen LogP contribution in [0.15, 0.2) is 53.4 Å². The van der Waals surface area contributed by atoms with Gasteiger partial charge in [-0.15, -0.1) is 11.8 Å². The molecule has 6 heteroatoms. The summed E-state index contributed by atoms with van der Waals surface area (Å²) in [6.07, 6.45) is 2.16. The second-order valence-corrected chi connectivity index (χ2v) is 8.26. The molecule has 1 heterocycles. The molecule has 0 spiro atoms. The van der Waals surface area contributed by atoms with Crippen molar-refractivity contribution in [3.63, 3.8) is 0 Å². The molecule has 0 radical (unpaired) electrons. The lowest BCUT2D eigenvalue weighted by atomic mass is 10.1. The maximum Gasteiger partial charge on any atom is 0.233 e. The Morgan fingerprint density at radius 3 is 2.46 bits per heavy atom. The van der Waals surface area contributed by atoms with Crippen LogP contribution in [-0.2, 0) is 16.1 Å². The summed E-state index contributed by atoms with van der Waals surface area (Å²) >= 11 is 1.44. The van der Waals surface area contributed by atoms with E-state index in [1.54, 1.807) is 12.1 Å². The Bertz CT molecular complexity index is 759. The third-order valence-electron chi connectivity index (χ3n) is 4.80. The second kappa shape index (κ2) is 9.94. The second-order valence-electron chi connectivity index (χ2n) is 7.21. The number of anilines is 1. The zero-order valence-corrected chi connectivity index (χ0v) is 17.3. The standard InChI is InChI=1S/C22H27FN2O2S/c1-24(2)19-9-5-17(6-10-19)14-25(15-20-4-3-13-27-20)22(26)16-28-21-11-7-18(23)8-12-21/h5-12,20H,3-4,13-16H2,1-2H3. The van der Waals surface area contributed by atoms with Gasteiger partial charge >= 0.3 is 0 Å². The Labute approximate surface area is 170 Å². The van der Waals surface area contributed by atoms with Gasteiger partial charge in [-0.25, -0.2) is 4.39 Å². The molecule has 1 unspecified atom stereocenters. The summed E-state index contributed by atoms with van der Waals surface area (Å²) in [4.78, 5) is 17.7. The van der Waals surface area contributed by atoms with Gasteiger partial charge in [-0.1, -0.05) is 12.1 Å². The number of rotatable bonds is 8. The van der Waals surface area contributed by atoms with E-state index in [1.807, 2.05) is 19.0 Å². The SMILES string of the molecule is CN(C)c1ccc(CN(CC2CCCO2)C(=O)CSc2ccc(F)cc2)cc1. The Hall–Kier alpha value is -2.05. The van der Waals surface area contributed by atoms with Crippen molar-refractivity contribution in [3.8, 4) is 0 Å². The minimum atomic E-state index is -0.267. The summed E-state index contributed by atoms with van der Waals surface area (Å²) in [5, 5.41) is 0. The van der Waals surface area contributed by atoms with Crippen LogP contribution in [0, 0.1) is 5.82 Å². The molecular weight excluding hydrogens is 375 g/mol. The molecule has 0 saturated carbocycles. The van der Waals surface area contributed by atoms with E-state index >= 15 is 0 Å². The molecule has 1 atom stereocenters. The Morgan fingerprint density at radius 1 is 1.14 bits per heavy atom. The maximum atomic E-state index is 13.1. The predicted octanol–water partition coefficient (Wildman–Crippen LogP) is 4.19.